The molecule has 0 aliphatic carbocycles. The third-order valence-corrected chi connectivity index (χ3v) is 6.24. The van der Waals surface area contributed by atoms with Crippen LogP contribution >= 0.6 is 0 Å². The molecule has 1 saturated heterocycles. The van der Waals surface area contributed by atoms with Crippen LogP contribution in [0.1, 0.15) is 38.8 Å². The minimum absolute atomic E-state index is 0.00449. The molecule has 0 bridgehead atoms. The van der Waals surface area contributed by atoms with Crippen molar-refractivity contribution < 1.29 is 18.5 Å². The minimum atomic E-state index is -0.504. The van der Waals surface area contributed by atoms with Gasteiger partial charge in [0.25, 0.3) is 0 Å². The molecular formula is C22H26BFN2O3. The molecule has 7 heteroatoms. The lowest BCUT2D eigenvalue weighted by molar-refractivity contribution is -0.117. The van der Waals surface area contributed by atoms with Crippen molar-refractivity contribution in [1.29, 1.82) is 0 Å². The Labute approximate surface area is 171 Å². The molecular weight excluding hydrogens is 370 g/mol. The molecule has 4 rings (SSSR count). The van der Waals surface area contributed by atoms with Gasteiger partial charge < -0.3 is 19.9 Å². The maximum Gasteiger partial charge on any atom is 0.494 e. The average Bonchev–Trinajstić information content (AvgIpc) is 3.15. The summed E-state index contributed by atoms with van der Waals surface area (Å²) in [6.07, 6.45) is 0.695. The van der Waals surface area contributed by atoms with E-state index in [1.165, 1.54) is 6.07 Å². The topological polar surface area (TPSA) is 64.8 Å². The van der Waals surface area contributed by atoms with Gasteiger partial charge in [-0.1, -0.05) is 24.3 Å². The molecule has 5 nitrogen and oxygen atoms in total. The van der Waals surface area contributed by atoms with Gasteiger partial charge in [0.1, 0.15) is 5.82 Å². The normalized spacial score (nSPS) is 19.5. The van der Waals surface area contributed by atoms with E-state index in [0.29, 0.717) is 29.9 Å². The number of rotatable bonds is 3. The van der Waals surface area contributed by atoms with Crippen molar-refractivity contribution in [3.8, 4) is 0 Å². The number of amides is 1. The summed E-state index contributed by atoms with van der Waals surface area (Å²) in [5.74, 6) is -0.534. The molecule has 1 fully saturated rings. The van der Waals surface area contributed by atoms with E-state index in [-0.39, 0.29) is 18.1 Å². The fourth-order valence-electron chi connectivity index (χ4n) is 3.87. The van der Waals surface area contributed by atoms with Crippen molar-refractivity contribution in [2.75, 3.05) is 17.2 Å². The summed E-state index contributed by atoms with van der Waals surface area (Å²) in [4.78, 5) is 14.5. The summed E-state index contributed by atoms with van der Waals surface area (Å²) >= 11 is 0. The van der Waals surface area contributed by atoms with Crippen LogP contribution in [0, 0.1) is 5.82 Å². The molecule has 2 aliphatic rings. The largest absolute Gasteiger partial charge is 0.494 e. The molecule has 0 saturated carbocycles. The van der Waals surface area contributed by atoms with E-state index in [0.717, 1.165) is 11.0 Å². The molecule has 0 aromatic heterocycles. The summed E-state index contributed by atoms with van der Waals surface area (Å²) in [7, 11) is -0.504. The van der Waals surface area contributed by atoms with Gasteiger partial charge >= 0.3 is 7.12 Å². The van der Waals surface area contributed by atoms with E-state index in [9.17, 15) is 9.18 Å². The molecule has 2 aromatic carbocycles. The number of nitrogens with zero attached hydrogens (tertiary/aromatic N) is 1. The zero-order chi connectivity index (χ0) is 21.0. The number of fused-ring (bicyclic) bond motifs is 1. The van der Waals surface area contributed by atoms with Crippen LogP contribution in [-0.2, 0) is 26.9 Å². The minimum Gasteiger partial charge on any atom is -0.399 e. The molecule has 2 aromatic rings. The Kier molecular flexibility index (Phi) is 4.71. The SMILES string of the molecule is CC1(C)OB(c2cc(N)c3c(c2)CCN3C(=O)Cc2ccccc2F)OC1(C)C. The van der Waals surface area contributed by atoms with Crippen molar-refractivity contribution in [2.45, 2.75) is 51.7 Å². The number of hydrogen-bond acceptors (Lipinski definition) is 4. The highest BCUT2D eigenvalue weighted by Gasteiger charge is 2.52. The van der Waals surface area contributed by atoms with Crippen LogP contribution in [0.2, 0.25) is 0 Å². The van der Waals surface area contributed by atoms with Crippen molar-refractivity contribution in [3.05, 3.63) is 53.3 Å². The Morgan fingerprint density at radius 2 is 1.83 bits per heavy atom. The van der Waals surface area contributed by atoms with Crippen molar-refractivity contribution in [2.24, 2.45) is 0 Å². The van der Waals surface area contributed by atoms with Crippen molar-refractivity contribution in [3.63, 3.8) is 0 Å². The Hall–Kier alpha value is -2.38. The van der Waals surface area contributed by atoms with Crippen LogP contribution in [0.25, 0.3) is 0 Å². The van der Waals surface area contributed by atoms with Gasteiger partial charge in [-0.15, -0.1) is 0 Å². The summed E-state index contributed by atoms with van der Waals surface area (Å²) < 4.78 is 26.2. The number of nitrogens with two attached hydrogens (primary N) is 1. The molecule has 0 atom stereocenters. The molecule has 0 radical (unpaired) electrons. The summed E-state index contributed by atoms with van der Waals surface area (Å²) in [5, 5.41) is 0. The van der Waals surface area contributed by atoms with E-state index in [1.807, 2.05) is 39.8 Å². The fourth-order valence-corrected chi connectivity index (χ4v) is 3.87. The average molecular weight is 396 g/mol. The van der Waals surface area contributed by atoms with E-state index in [4.69, 9.17) is 15.0 Å². The van der Waals surface area contributed by atoms with E-state index in [1.54, 1.807) is 23.1 Å². The third kappa shape index (κ3) is 3.42. The van der Waals surface area contributed by atoms with Crippen LogP contribution in [-0.4, -0.2) is 30.8 Å². The van der Waals surface area contributed by atoms with Crippen molar-refractivity contribution >= 4 is 29.9 Å². The molecule has 0 spiro atoms. The maximum absolute atomic E-state index is 13.9. The highest BCUT2D eigenvalue weighted by Crippen LogP contribution is 2.38. The number of carbonyl (C=O) groups excluding carboxylic acids is 1. The number of anilines is 2. The highest BCUT2D eigenvalue weighted by molar-refractivity contribution is 6.62. The number of carbonyl (C=O) groups is 1. The second-order valence-corrected chi connectivity index (χ2v) is 8.77. The zero-order valence-electron chi connectivity index (χ0n) is 17.3. The molecule has 152 valence electrons. The molecule has 0 unspecified atom stereocenters. The first-order chi connectivity index (χ1) is 13.6. The lowest BCUT2D eigenvalue weighted by Gasteiger charge is -2.32. The monoisotopic (exact) mass is 396 g/mol. The molecule has 2 aliphatic heterocycles. The number of benzene rings is 2. The second-order valence-electron chi connectivity index (χ2n) is 8.77. The van der Waals surface area contributed by atoms with Gasteiger partial charge in [-0.25, -0.2) is 4.39 Å². The third-order valence-electron chi connectivity index (χ3n) is 6.24. The van der Waals surface area contributed by atoms with Crippen LogP contribution in [0.3, 0.4) is 0 Å². The van der Waals surface area contributed by atoms with E-state index in [2.05, 4.69) is 0 Å². The predicted octanol–water partition coefficient (Wildman–Crippen LogP) is 2.84. The van der Waals surface area contributed by atoms with Gasteiger partial charge in [0.15, 0.2) is 0 Å². The number of nitrogen functional groups attached to an aromatic ring is 1. The fraction of sp³-hybridized carbons (Fsp3) is 0.409. The predicted molar refractivity (Wildman–Crippen MR) is 113 cm³/mol. The highest BCUT2D eigenvalue weighted by atomic mass is 19.1. The second kappa shape index (κ2) is 6.85. The Balaban J connectivity index is 1.59. The van der Waals surface area contributed by atoms with Gasteiger partial charge in [-0.2, -0.15) is 0 Å². The van der Waals surface area contributed by atoms with Gasteiger partial charge in [-0.05, 0) is 62.8 Å². The first-order valence-corrected chi connectivity index (χ1v) is 9.91. The van der Waals surface area contributed by atoms with Crippen LogP contribution in [0.5, 0.6) is 0 Å². The van der Waals surface area contributed by atoms with Gasteiger partial charge in [0.2, 0.25) is 5.91 Å². The van der Waals surface area contributed by atoms with Gasteiger partial charge in [0.05, 0.1) is 29.0 Å². The molecule has 29 heavy (non-hydrogen) atoms. The maximum atomic E-state index is 13.9. The van der Waals surface area contributed by atoms with E-state index >= 15 is 0 Å². The number of hydrogen-bond donors (Lipinski definition) is 1. The first kappa shape index (κ1) is 19.9. The lowest BCUT2D eigenvalue weighted by atomic mass is 9.77. The first-order valence-electron chi connectivity index (χ1n) is 9.91. The Morgan fingerprint density at radius 3 is 2.48 bits per heavy atom. The number of halogens is 1. The van der Waals surface area contributed by atoms with Gasteiger partial charge in [0, 0.05) is 6.54 Å². The van der Waals surface area contributed by atoms with Crippen LogP contribution in [0.15, 0.2) is 36.4 Å². The van der Waals surface area contributed by atoms with Gasteiger partial charge in [-0.3, -0.25) is 4.79 Å². The smallest absolute Gasteiger partial charge is 0.399 e. The summed E-state index contributed by atoms with van der Waals surface area (Å²) in [6.45, 7) is 8.55. The molecule has 2 N–H and O–H groups in total. The Bertz CT molecular complexity index is 961. The molecule has 1 amide bonds. The standard InChI is InChI=1S/C22H26BFN2O3/c1-21(2)22(3,4)29-23(28-21)16-11-15-9-10-26(20(15)18(25)13-16)19(27)12-14-7-5-6-8-17(14)24/h5-8,11,13H,9-10,12,25H2,1-4H3. The summed E-state index contributed by atoms with van der Waals surface area (Å²) in [6, 6.07) is 10.2. The van der Waals surface area contributed by atoms with E-state index < -0.39 is 18.3 Å². The van der Waals surface area contributed by atoms with Crippen molar-refractivity contribution in [1.82, 2.24) is 0 Å². The molecule has 2 heterocycles. The lowest BCUT2D eigenvalue weighted by Crippen LogP contribution is -2.41. The summed E-state index contributed by atoms with van der Waals surface area (Å²) in [5.41, 5.74) is 8.91. The zero-order valence-corrected chi connectivity index (χ0v) is 17.3. The Morgan fingerprint density at radius 1 is 1.17 bits per heavy atom. The quantitative estimate of drug-likeness (QED) is 0.640. The van der Waals surface area contributed by atoms with Crippen LogP contribution < -0.4 is 16.1 Å². The van der Waals surface area contributed by atoms with Crippen LogP contribution in [0.4, 0.5) is 15.8 Å².